The van der Waals surface area contributed by atoms with Crippen molar-refractivity contribution in [1.82, 2.24) is 15.6 Å². The van der Waals surface area contributed by atoms with Crippen LogP contribution in [0.2, 0.25) is 0 Å². The van der Waals surface area contributed by atoms with E-state index in [0.29, 0.717) is 48.7 Å². The first-order valence-electron chi connectivity index (χ1n) is 13.4. The van der Waals surface area contributed by atoms with Gasteiger partial charge < -0.3 is 25.8 Å². The van der Waals surface area contributed by atoms with E-state index in [4.69, 9.17) is 4.74 Å². The lowest BCUT2D eigenvalue weighted by Gasteiger charge is -2.47. The molecule has 2 heterocycles. The Morgan fingerprint density at radius 2 is 2.08 bits per heavy atom. The molecule has 2 aromatic carbocycles. The lowest BCUT2D eigenvalue weighted by molar-refractivity contribution is 0.0830. The van der Waals surface area contributed by atoms with Crippen LogP contribution in [0.5, 0.6) is 5.75 Å². The molecule has 1 aliphatic heterocycles. The minimum Gasteiger partial charge on any atom is -0.497 e. The SMILES string of the molecule is CCNc1cc(C(=O)N[C@@H](Cc2nccs2)[C@@H](O)CNCc2cccc(OC)c2)cc(N2CCCCS2(O)O)c1. The van der Waals surface area contributed by atoms with Gasteiger partial charge >= 0.3 is 0 Å². The summed E-state index contributed by atoms with van der Waals surface area (Å²) in [5, 5.41) is 23.3. The molecule has 0 saturated carbocycles. The zero-order valence-electron chi connectivity index (χ0n) is 22.9. The molecule has 1 amide bonds. The third-order valence-electron chi connectivity index (χ3n) is 6.71. The number of hydrogen-bond donors (Lipinski definition) is 6. The number of aromatic nitrogens is 1. The Morgan fingerprint density at radius 3 is 2.80 bits per heavy atom. The van der Waals surface area contributed by atoms with Crippen LogP contribution < -0.4 is 25.0 Å². The Labute approximate surface area is 241 Å². The Kier molecular flexibility index (Phi) is 10.6. The molecule has 1 saturated heterocycles. The summed E-state index contributed by atoms with van der Waals surface area (Å²) in [7, 11) is -1.33. The van der Waals surface area contributed by atoms with E-state index in [-0.39, 0.29) is 12.5 Å². The van der Waals surface area contributed by atoms with Crippen molar-refractivity contribution in [2.24, 2.45) is 0 Å². The summed E-state index contributed by atoms with van der Waals surface area (Å²) >= 11 is 1.47. The second-order valence-corrected chi connectivity index (χ2v) is 12.8. The van der Waals surface area contributed by atoms with E-state index in [1.807, 2.05) is 42.6 Å². The largest absolute Gasteiger partial charge is 0.497 e. The van der Waals surface area contributed by atoms with Crippen molar-refractivity contribution in [2.75, 3.05) is 42.1 Å². The number of anilines is 2. The van der Waals surface area contributed by atoms with Gasteiger partial charge in [0.15, 0.2) is 0 Å². The van der Waals surface area contributed by atoms with Gasteiger partial charge in [0.2, 0.25) is 0 Å². The van der Waals surface area contributed by atoms with Gasteiger partial charge in [-0.05, 0) is 55.7 Å². The second-order valence-electron chi connectivity index (χ2n) is 9.70. The number of hydrogen-bond acceptors (Lipinski definition) is 10. The molecular weight excluding hydrogens is 550 g/mol. The highest BCUT2D eigenvalue weighted by molar-refractivity contribution is 8.25. The summed E-state index contributed by atoms with van der Waals surface area (Å²) < 4.78 is 28.3. The molecule has 1 fully saturated rings. The third kappa shape index (κ3) is 8.09. The molecule has 0 unspecified atom stereocenters. The van der Waals surface area contributed by atoms with Crippen molar-refractivity contribution in [3.63, 3.8) is 0 Å². The maximum Gasteiger partial charge on any atom is 0.251 e. The lowest BCUT2D eigenvalue weighted by atomic mass is 10.1. The number of carbonyl (C=O) groups excluding carboxylic acids is 1. The predicted octanol–water partition coefficient (Wildman–Crippen LogP) is 4.34. The Bertz CT molecular complexity index is 1240. The van der Waals surface area contributed by atoms with Crippen molar-refractivity contribution in [1.29, 1.82) is 0 Å². The molecule has 218 valence electrons. The van der Waals surface area contributed by atoms with Crippen LogP contribution in [0.3, 0.4) is 0 Å². The normalized spacial score (nSPS) is 17.1. The molecule has 12 heteroatoms. The topological polar surface area (TPSA) is 139 Å². The highest BCUT2D eigenvalue weighted by atomic mass is 32.3. The fourth-order valence-corrected chi connectivity index (χ4v) is 7.02. The number of thiazole rings is 1. The van der Waals surface area contributed by atoms with E-state index in [9.17, 15) is 19.0 Å². The average Bonchev–Trinajstić information content (AvgIpc) is 3.45. The number of ether oxygens (including phenoxy) is 1. The standard InChI is InChI=1S/C28H39N5O5S2/c1-3-30-22-14-21(15-23(16-22)33-10-4-5-12-40(33,36)37)28(35)32-25(17-27-31-9-11-39-27)26(34)19-29-18-20-7-6-8-24(13-20)38-2/h6-9,11,13-16,25-26,29-30,34,36-37H,3-5,10,12,17-19H2,1-2H3,(H,32,35)/t25-,26-/m0/s1. The number of rotatable bonds is 13. The number of aliphatic hydroxyl groups is 1. The van der Waals surface area contributed by atoms with E-state index < -0.39 is 22.9 Å². The van der Waals surface area contributed by atoms with Gasteiger partial charge in [0, 0.05) is 55.4 Å². The van der Waals surface area contributed by atoms with Gasteiger partial charge in [0.1, 0.15) is 5.75 Å². The van der Waals surface area contributed by atoms with Crippen LogP contribution in [0, 0.1) is 0 Å². The summed E-state index contributed by atoms with van der Waals surface area (Å²) in [4.78, 5) is 17.9. The van der Waals surface area contributed by atoms with Gasteiger partial charge in [0.05, 0.1) is 35.7 Å². The van der Waals surface area contributed by atoms with E-state index in [1.165, 1.54) is 11.3 Å². The Balaban J connectivity index is 1.50. The maximum absolute atomic E-state index is 13.6. The number of aliphatic hydroxyl groups excluding tert-OH is 1. The zero-order chi connectivity index (χ0) is 28.5. The van der Waals surface area contributed by atoms with Crippen LogP contribution in [0.1, 0.15) is 40.7 Å². The van der Waals surface area contributed by atoms with Crippen molar-refractivity contribution < 1.29 is 23.7 Å². The van der Waals surface area contributed by atoms with Crippen LogP contribution >= 0.6 is 22.1 Å². The monoisotopic (exact) mass is 589 g/mol. The van der Waals surface area contributed by atoms with Crippen LogP contribution in [-0.4, -0.2) is 69.7 Å². The molecule has 4 rings (SSSR count). The zero-order valence-corrected chi connectivity index (χ0v) is 24.5. The molecule has 3 aromatic rings. The summed E-state index contributed by atoms with van der Waals surface area (Å²) in [6.07, 6.45) is 2.78. The van der Waals surface area contributed by atoms with Crippen molar-refractivity contribution in [3.05, 3.63) is 70.2 Å². The number of amides is 1. The van der Waals surface area contributed by atoms with Gasteiger partial charge in [0.25, 0.3) is 5.91 Å². The van der Waals surface area contributed by atoms with Crippen molar-refractivity contribution in [3.8, 4) is 5.75 Å². The number of nitrogens with one attached hydrogen (secondary N) is 3. The molecule has 0 bridgehead atoms. The average molecular weight is 590 g/mol. The molecule has 2 atom stereocenters. The molecule has 10 nitrogen and oxygen atoms in total. The first-order chi connectivity index (χ1) is 19.3. The van der Waals surface area contributed by atoms with Crippen molar-refractivity contribution in [2.45, 2.75) is 44.9 Å². The smallest absolute Gasteiger partial charge is 0.251 e. The number of nitrogens with zero attached hydrogens (tertiary/aromatic N) is 2. The number of methoxy groups -OCH3 is 1. The molecule has 0 spiro atoms. The molecule has 1 aliphatic rings. The quantitative estimate of drug-likeness (QED) is 0.172. The molecule has 40 heavy (non-hydrogen) atoms. The van der Waals surface area contributed by atoms with E-state index in [1.54, 1.807) is 29.7 Å². The highest BCUT2D eigenvalue weighted by Crippen LogP contribution is 2.50. The van der Waals surface area contributed by atoms with Crippen LogP contribution in [0.4, 0.5) is 11.4 Å². The third-order valence-corrected chi connectivity index (χ3v) is 9.44. The van der Waals surface area contributed by atoms with E-state index in [0.717, 1.165) is 29.2 Å². The van der Waals surface area contributed by atoms with Crippen LogP contribution in [-0.2, 0) is 13.0 Å². The molecular formula is C28H39N5O5S2. The van der Waals surface area contributed by atoms with Crippen molar-refractivity contribution >= 4 is 39.4 Å². The Hall–Kier alpha value is -2.87. The van der Waals surface area contributed by atoms with Gasteiger partial charge in [-0.1, -0.05) is 12.1 Å². The maximum atomic E-state index is 13.6. The van der Waals surface area contributed by atoms with Gasteiger partial charge in [-0.2, -0.15) is 0 Å². The molecule has 1 aromatic heterocycles. The second kappa shape index (κ2) is 14.2. The highest BCUT2D eigenvalue weighted by Gasteiger charge is 2.29. The predicted molar refractivity (Wildman–Crippen MR) is 163 cm³/mol. The van der Waals surface area contributed by atoms with Gasteiger partial charge in [-0.15, -0.1) is 22.1 Å². The Morgan fingerprint density at radius 1 is 1.23 bits per heavy atom. The van der Waals surface area contributed by atoms with Gasteiger partial charge in [-0.25, -0.2) is 4.98 Å². The minimum absolute atomic E-state index is 0.255. The van der Waals surface area contributed by atoms with E-state index in [2.05, 4.69) is 20.9 Å². The van der Waals surface area contributed by atoms with Crippen LogP contribution in [0.15, 0.2) is 54.0 Å². The first kappa shape index (κ1) is 30.1. The summed E-state index contributed by atoms with van der Waals surface area (Å²) in [5.74, 6) is 0.715. The minimum atomic E-state index is -2.95. The fourth-order valence-electron chi connectivity index (χ4n) is 4.66. The van der Waals surface area contributed by atoms with Gasteiger partial charge in [-0.3, -0.25) is 18.2 Å². The molecule has 0 aliphatic carbocycles. The van der Waals surface area contributed by atoms with Crippen LogP contribution in [0.25, 0.3) is 0 Å². The summed E-state index contributed by atoms with van der Waals surface area (Å²) in [6, 6.07) is 12.4. The summed E-state index contributed by atoms with van der Waals surface area (Å²) in [5.41, 5.74) is 2.68. The number of carbonyl (C=O) groups is 1. The lowest BCUT2D eigenvalue weighted by Crippen LogP contribution is -2.48. The van der Waals surface area contributed by atoms with E-state index >= 15 is 0 Å². The fraction of sp³-hybridized carbons (Fsp3) is 0.429. The number of benzene rings is 2. The summed E-state index contributed by atoms with van der Waals surface area (Å²) in [6.45, 7) is 3.89. The molecule has 6 N–H and O–H groups in total. The first-order valence-corrected chi connectivity index (χ1v) is 16.0. The molecule has 0 radical (unpaired) electrons.